The minimum absolute atomic E-state index is 0.211. The Bertz CT molecular complexity index is 1280. The molecule has 168 valence electrons. The lowest BCUT2D eigenvalue weighted by Gasteiger charge is -2.24. The molecule has 1 aliphatic rings. The molecule has 0 radical (unpaired) electrons. The van der Waals surface area contributed by atoms with Gasteiger partial charge >= 0.3 is 12.1 Å². The molecule has 1 fully saturated rings. The lowest BCUT2D eigenvalue weighted by molar-refractivity contribution is -0.124. The van der Waals surface area contributed by atoms with E-state index in [0.29, 0.717) is 28.6 Å². The molecular formula is C23H23N7O3. The van der Waals surface area contributed by atoms with E-state index >= 15 is 0 Å². The van der Waals surface area contributed by atoms with Crippen molar-refractivity contribution in [1.29, 1.82) is 5.26 Å². The molecule has 2 heterocycles. The summed E-state index contributed by atoms with van der Waals surface area (Å²) in [5.74, 6) is -0.333. The van der Waals surface area contributed by atoms with Crippen LogP contribution in [-0.4, -0.2) is 46.1 Å². The average Bonchev–Trinajstić information content (AvgIpc) is 3.39. The first-order chi connectivity index (χ1) is 15.9. The first-order valence-electron chi connectivity index (χ1n) is 10.4. The number of nitrogens with zero attached hydrogens (tertiary/aromatic N) is 3. The molecule has 3 aromatic rings. The van der Waals surface area contributed by atoms with Gasteiger partial charge in [-0.1, -0.05) is 30.3 Å². The molecule has 10 heteroatoms. The van der Waals surface area contributed by atoms with Crippen LogP contribution in [0.1, 0.15) is 17.5 Å². The molecule has 0 saturated carbocycles. The van der Waals surface area contributed by atoms with Crippen LogP contribution in [0.2, 0.25) is 0 Å². The molecule has 1 aromatic heterocycles. The summed E-state index contributed by atoms with van der Waals surface area (Å²) in [5, 5.41) is 15.3. The van der Waals surface area contributed by atoms with E-state index in [1.807, 2.05) is 0 Å². The van der Waals surface area contributed by atoms with E-state index in [-0.39, 0.29) is 25.0 Å². The van der Waals surface area contributed by atoms with Gasteiger partial charge in [-0.05, 0) is 30.2 Å². The summed E-state index contributed by atoms with van der Waals surface area (Å²) < 4.78 is 1.25. The average molecular weight is 445 g/mol. The highest BCUT2D eigenvalue weighted by atomic mass is 16.2. The van der Waals surface area contributed by atoms with Gasteiger partial charge < -0.3 is 27.0 Å². The summed E-state index contributed by atoms with van der Waals surface area (Å²) in [6, 6.07) is 13.8. The lowest BCUT2D eigenvalue weighted by atomic mass is 10.1. The molecule has 2 atom stereocenters. The van der Waals surface area contributed by atoms with Crippen LogP contribution in [-0.2, 0) is 11.3 Å². The first-order valence-corrected chi connectivity index (χ1v) is 10.4. The summed E-state index contributed by atoms with van der Waals surface area (Å²) in [6.07, 6.45) is 1.78. The smallest absolute Gasteiger partial charge is 0.323 e. The highest BCUT2D eigenvalue weighted by molar-refractivity contribution is 6.05. The van der Waals surface area contributed by atoms with Crippen LogP contribution in [0.3, 0.4) is 0 Å². The maximum Gasteiger partial charge on any atom is 0.323 e. The van der Waals surface area contributed by atoms with E-state index in [1.165, 1.54) is 15.7 Å². The fourth-order valence-corrected chi connectivity index (χ4v) is 4.05. The van der Waals surface area contributed by atoms with Crippen molar-refractivity contribution in [2.75, 3.05) is 11.9 Å². The number of hydrogen-bond donors (Lipinski definition) is 4. The number of amides is 4. The number of benzene rings is 2. The summed E-state index contributed by atoms with van der Waals surface area (Å²) in [5.41, 5.74) is 13.7. The van der Waals surface area contributed by atoms with E-state index in [0.717, 1.165) is 5.56 Å². The minimum Gasteiger partial charge on any atom is -0.351 e. The fourth-order valence-electron chi connectivity index (χ4n) is 4.05. The lowest BCUT2D eigenvalue weighted by Crippen LogP contribution is -2.47. The molecule has 1 saturated heterocycles. The van der Waals surface area contributed by atoms with Crippen LogP contribution in [0.4, 0.5) is 15.3 Å². The summed E-state index contributed by atoms with van der Waals surface area (Å²) >= 11 is 0. The largest absolute Gasteiger partial charge is 0.351 e. The molecule has 0 unspecified atom stereocenters. The number of carbonyl (C=O) groups excluding carboxylic acids is 3. The zero-order chi connectivity index (χ0) is 23.5. The van der Waals surface area contributed by atoms with Gasteiger partial charge in [0.15, 0.2) is 0 Å². The monoisotopic (exact) mass is 445 g/mol. The van der Waals surface area contributed by atoms with E-state index in [4.69, 9.17) is 16.7 Å². The van der Waals surface area contributed by atoms with Gasteiger partial charge in [-0.3, -0.25) is 9.36 Å². The summed E-state index contributed by atoms with van der Waals surface area (Å²) in [6.45, 7) is 0.434. The van der Waals surface area contributed by atoms with E-state index < -0.39 is 18.1 Å². The number of nitrogens with two attached hydrogens (primary N) is 2. The van der Waals surface area contributed by atoms with E-state index in [1.54, 1.807) is 48.5 Å². The van der Waals surface area contributed by atoms with Gasteiger partial charge in [0.25, 0.3) is 0 Å². The fraction of sp³-hybridized carbons (Fsp3) is 0.217. The molecule has 4 amide bonds. The number of likely N-dealkylation sites (tertiary alicyclic amines) is 1. The van der Waals surface area contributed by atoms with Crippen molar-refractivity contribution in [2.45, 2.75) is 25.0 Å². The number of primary amides is 1. The molecule has 0 bridgehead atoms. The van der Waals surface area contributed by atoms with Gasteiger partial charge in [0.2, 0.25) is 5.91 Å². The van der Waals surface area contributed by atoms with Gasteiger partial charge in [-0.15, -0.1) is 0 Å². The van der Waals surface area contributed by atoms with Crippen molar-refractivity contribution < 1.29 is 14.4 Å². The van der Waals surface area contributed by atoms with Gasteiger partial charge in [0, 0.05) is 30.7 Å². The SMILES string of the molecule is N#Cc1cccc(CNC(=O)[C@@H]2C[C@H](N)CN2C(=O)Nc2cn(C(N)=O)c3ccccc23)c1. The van der Waals surface area contributed by atoms with E-state index in [2.05, 4.69) is 16.7 Å². The molecule has 0 aliphatic carbocycles. The van der Waals surface area contributed by atoms with Gasteiger partial charge in [-0.25, -0.2) is 9.59 Å². The highest BCUT2D eigenvalue weighted by Crippen LogP contribution is 2.27. The topological polar surface area (TPSA) is 159 Å². The minimum atomic E-state index is -0.747. The van der Waals surface area contributed by atoms with Crippen molar-refractivity contribution in [3.8, 4) is 6.07 Å². The van der Waals surface area contributed by atoms with Crippen LogP contribution in [0.15, 0.2) is 54.7 Å². The third-order valence-corrected chi connectivity index (χ3v) is 5.61. The number of rotatable bonds is 4. The number of nitrogens with one attached hydrogen (secondary N) is 2. The van der Waals surface area contributed by atoms with Crippen LogP contribution in [0, 0.1) is 11.3 Å². The Labute approximate surface area is 189 Å². The Hall–Kier alpha value is -4.36. The molecule has 0 spiro atoms. The molecule has 33 heavy (non-hydrogen) atoms. The number of urea groups is 1. The van der Waals surface area contributed by atoms with Gasteiger partial charge in [-0.2, -0.15) is 5.26 Å². The third kappa shape index (κ3) is 4.49. The second-order valence-corrected chi connectivity index (χ2v) is 7.89. The van der Waals surface area contributed by atoms with Crippen LogP contribution in [0.5, 0.6) is 0 Å². The van der Waals surface area contributed by atoms with Crippen molar-refractivity contribution >= 4 is 34.6 Å². The predicted octanol–water partition coefficient (Wildman–Crippen LogP) is 1.69. The number of carbonyl (C=O) groups is 3. The Morgan fingerprint density at radius 3 is 2.70 bits per heavy atom. The second-order valence-electron chi connectivity index (χ2n) is 7.89. The Morgan fingerprint density at radius 1 is 1.15 bits per heavy atom. The summed E-state index contributed by atoms with van der Waals surface area (Å²) in [7, 11) is 0. The standard InChI is InChI=1S/C23H23N7O3/c24-10-14-4-3-5-15(8-14)11-27-21(31)20-9-16(25)12-30(20)23(33)28-18-13-29(22(26)32)19-7-2-1-6-17(18)19/h1-8,13,16,20H,9,11-12,25H2,(H2,26,32)(H,27,31)(H,28,33)/t16-,20-/m0/s1. The van der Waals surface area contributed by atoms with Crippen LogP contribution in [0.25, 0.3) is 10.9 Å². The third-order valence-electron chi connectivity index (χ3n) is 5.61. The number of fused-ring (bicyclic) bond motifs is 1. The molecular weight excluding hydrogens is 422 g/mol. The Morgan fingerprint density at radius 2 is 1.94 bits per heavy atom. The van der Waals surface area contributed by atoms with Crippen molar-refractivity contribution in [3.63, 3.8) is 0 Å². The van der Waals surface area contributed by atoms with Crippen molar-refractivity contribution in [3.05, 3.63) is 65.9 Å². The number of nitriles is 1. The number of anilines is 1. The zero-order valence-corrected chi connectivity index (χ0v) is 17.7. The highest BCUT2D eigenvalue weighted by Gasteiger charge is 2.38. The number of para-hydroxylation sites is 1. The van der Waals surface area contributed by atoms with E-state index in [9.17, 15) is 14.4 Å². The van der Waals surface area contributed by atoms with Crippen molar-refractivity contribution in [1.82, 2.24) is 14.8 Å². The summed E-state index contributed by atoms with van der Waals surface area (Å²) in [4.78, 5) is 39.1. The number of aromatic nitrogens is 1. The quantitative estimate of drug-likeness (QED) is 0.480. The molecule has 2 aromatic carbocycles. The zero-order valence-electron chi connectivity index (χ0n) is 17.7. The van der Waals surface area contributed by atoms with Gasteiger partial charge in [0.1, 0.15) is 6.04 Å². The Kier molecular flexibility index (Phi) is 5.97. The second kappa shape index (κ2) is 9.02. The maximum absolute atomic E-state index is 13.1. The first kappa shape index (κ1) is 21.9. The molecule has 6 N–H and O–H groups in total. The molecule has 4 rings (SSSR count). The molecule has 10 nitrogen and oxygen atoms in total. The van der Waals surface area contributed by atoms with Crippen LogP contribution < -0.4 is 22.1 Å². The predicted molar refractivity (Wildman–Crippen MR) is 122 cm³/mol. The normalized spacial score (nSPS) is 17.5. The maximum atomic E-state index is 13.1. The number of hydrogen-bond acceptors (Lipinski definition) is 5. The van der Waals surface area contributed by atoms with Gasteiger partial charge in [0.05, 0.1) is 22.8 Å². The van der Waals surface area contributed by atoms with Crippen LogP contribution >= 0.6 is 0 Å². The molecule has 1 aliphatic heterocycles. The Balaban J connectivity index is 1.49. The van der Waals surface area contributed by atoms with Crippen molar-refractivity contribution in [2.24, 2.45) is 11.5 Å².